The Morgan fingerprint density at radius 2 is 1.94 bits per heavy atom. The third-order valence-electron chi connectivity index (χ3n) is 2.69. The molecule has 16 heavy (non-hydrogen) atoms. The molecular weight excluding hydrogens is 196 g/mol. The Morgan fingerprint density at radius 3 is 2.56 bits per heavy atom. The van der Waals surface area contributed by atoms with E-state index in [9.17, 15) is 0 Å². The van der Waals surface area contributed by atoms with E-state index in [0.29, 0.717) is 0 Å². The second-order valence-electron chi connectivity index (χ2n) is 4.28. The van der Waals surface area contributed by atoms with Crippen LogP contribution in [0.4, 0.5) is 0 Å². The van der Waals surface area contributed by atoms with Crippen molar-refractivity contribution in [3.63, 3.8) is 0 Å². The maximum Gasteiger partial charge on any atom is 0.0645 e. The number of aromatic nitrogens is 2. The number of benzene rings is 1. The first-order valence-corrected chi connectivity index (χ1v) is 5.22. The van der Waals surface area contributed by atoms with Crippen LogP contribution < -0.4 is 0 Å². The molecule has 0 saturated carbocycles. The molecule has 0 aliphatic rings. The highest BCUT2D eigenvalue weighted by molar-refractivity contribution is 5.34. The summed E-state index contributed by atoms with van der Waals surface area (Å²) >= 11 is 0. The van der Waals surface area contributed by atoms with E-state index in [2.05, 4.69) is 11.0 Å². The largest absolute Gasteiger partial charge is 0.241 e. The molecule has 0 amide bonds. The smallest absolute Gasteiger partial charge is 0.0645 e. The van der Waals surface area contributed by atoms with Gasteiger partial charge in [0.15, 0.2) is 0 Å². The van der Waals surface area contributed by atoms with Gasteiger partial charge in [0.05, 0.1) is 17.3 Å². The Morgan fingerprint density at radius 1 is 1.25 bits per heavy atom. The molecule has 0 aliphatic carbocycles. The number of para-hydroxylation sites is 1. The van der Waals surface area contributed by atoms with E-state index in [1.54, 1.807) is 0 Å². The Labute approximate surface area is 95.9 Å². The fraction of sp³-hybridized carbons (Fsp3) is 0.214. The standard InChI is InChI=1S/C14H14N2/c1-4-14(2,3)12-10-15-16(11-12)13-8-6-5-7-9-13/h1,5-11H,2-3H3. The quantitative estimate of drug-likeness (QED) is 0.697. The van der Waals surface area contributed by atoms with Crippen LogP contribution in [-0.2, 0) is 5.41 Å². The Hall–Kier alpha value is -2.01. The molecule has 0 unspecified atom stereocenters. The number of rotatable bonds is 2. The lowest BCUT2D eigenvalue weighted by atomic mass is 9.88. The molecule has 1 aromatic heterocycles. The SMILES string of the molecule is C#CC(C)(C)c1cnn(-c2ccccc2)c1. The summed E-state index contributed by atoms with van der Waals surface area (Å²) in [5, 5.41) is 4.32. The van der Waals surface area contributed by atoms with Gasteiger partial charge in [0.25, 0.3) is 0 Å². The van der Waals surface area contributed by atoms with Gasteiger partial charge < -0.3 is 0 Å². The van der Waals surface area contributed by atoms with E-state index in [4.69, 9.17) is 6.42 Å². The van der Waals surface area contributed by atoms with Crippen LogP contribution in [0.2, 0.25) is 0 Å². The van der Waals surface area contributed by atoms with Crippen LogP contribution in [0.5, 0.6) is 0 Å². The molecule has 0 spiro atoms. The summed E-state index contributed by atoms with van der Waals surface area (Å²) in [6.07, 6.45) is 9.31. The molecule has 2 rings (SSSR count). The van der Waals surface area contributed by atoms with Crippen molar-refractivity contribution in [1.82, 2.24) is 9.78 Å². The van der Waals surface area contributed by atoms with Gasteiger partial charge in [-0.25, -0.2) is 4.68 Å². The Bertz CT molecular complexity index is 515. The van der Waals surface area contributed by atoms with Gasteiger partial charge in [0, 0.05) is 11.8 Å². The number of terminal acetylenes is 1. The molecule has 0 atom stereocenters. The summed E-state index contributed by atoms with van der Waals surface area (Å²) < 4.78 is 1.84. The van der Waals surface area contributed by atoms with Crippen molar-refractivity contribution in [2.75, 3.05) is 0 Å². The van der Waals surface area contributed by atoms with E-state index in [0.717, 1.165) is 11.3 Å². The van der Waals surface area contributed by atoms with Crippen molar-refractivity contribution in [2.45, 2.75) is 19.3 Å². The summed E-state index contributed by atoms with van der Waals surface area (Å²) in [5.41, 5.74) is 1.83. The fourth-order valence-corrected chi connectivity index (χ4v) is 1.45. The van der Waals surface area contributed by atoms with Crippen LogP contribution in [0.15, 0.2) is 42.7 Å². The van der Waals surface area contributed by atoms with Crippen LogP contribution in [0, 0.1) is 12.3 Å². The first-order valence-electron chi connectivity index (χ1n) is 5.22. The van der Waals surface area contributed by atoms with Crippen LogP contribution in [0.3, 0.4) is 0 Å². The van der Waals surface area contributed by atoms with Crippen molar-refractivity contribution >= 4 is 0 Å². The number of nitrogens with zero attached hydrogens (tertiary/aromatic N) is 2. The average molecular weight is 210 g/mol. The van der Waals surface area contributed by atoms with E-state index in [1.165, 1.54) is 0 Å². The van der Waals surface area contributed by atoms with Crippen molar-refractivity contribution in [2.24, 2.45) is 0 Å². The van der Waals surface area contributed by atoms with Gasteiger partial charge in [-0.1, -0.05) is 24.1 Å². The van der Waals surface area contributed by atoms with Crippen LogP contribution >= 0.6 is 0 Å². The molecule has 0 fully saturated rings. The summed E-state index contributed by atoms with van der Waals surface area (Å²) in [5.74, 6) is 2.77. The highest BCUT2D eigenvalue weighted by atomic mass is 15.3. The molecular formula is C14H14N2. The lowest BCUT2D eigenvalue weighted by molar-refractivity contribution is 0.699. The maximum atomic E-state index is 5.50. The highest BCUT2D eigenvalue weighted by Crippen LogP contribution is 2.22. The topological polar surface area (TPSA) is 17.8 Å². The fourth-order valence-electron chi connectivity index (χ4n) is 1.45. The molecule has 0 saturated heterocycles. The second kappa shape index (κ2) is 3.86. The molecule has 0 radical (unpaired) electrons. The van der Waals surface area contributed by atoms with Gasteiger partial charge in [-0.3, -0.25) is 0 Å². The normalized spacial score (nSPS) is 11.1. The van der Waals surface area contributed by atoms with Crippen molar-refractivity contribution in [3.05, 3.63) is 48.3 Å². The molecule has 0 bridgehead atoms. The summed E-state index contributed by atoms with van der Waals surface area (Å²) in [6, 6.07) is 9.99. The monoisotopic (exact) mass is 210 g/mol. The first kappa shape index (κ1) is 10.5. The zero-order chi connectivity index (χ0) is 11.6. The summed E-state index contributed by atoms with van der Waals surface area (Å²) in [7, 11) is 0. The van der Waals surface area contributed by atoms with Crippen molar-refractivity contribution in [1.29, 1.82) is 0 Å². The van der Waals surface area contributed by atoms with Crippen molar-refractivity contribution in [3.8, 4) is 18.0 Å². The highest BCUT2D eigenvalue weighted by Gasteiger charge is 2.19. The maximum absolute atomic E-state index is 5.50. The van der Waals surface area contributed by atoms with E-state index in [1.807, 2.05) is 61.3 Å². The van der Waals surface area contributed by atoms with Crippen LogP contribution in [0.1, 0.15) is 19.4 Å². The van der Waals surface area contributed by atoms with Gasteiger partial charge in [0.2, 0.25) is 0 Å². The van der Waals surface area contributed by atoms with Crippen molar-refractivity contribution < 1.29 is 0 Å². The molecule has 2 heteroatoms. The minimum atomic E-state index is -0.271. The molecule has 80 valence electrons. The lowest BCUT2D eigenvalue weighted by Crippen LogP contribution is -2.12. The number of hydrogen-bond donors (Lipinski definition) is 0. The molecule has 1 heterocycles. The molecule has 1 aromatic carbocycles. The molecule has 0 N–H and O–H groups in total. The van der Waals surface area contributed by atoms with Crippen LogP contribution in [-0.4, -0.2) is 9.78 Å². The Balaban J connectivity index is 2.39. The van der Waals surface area contributed by atoms with Gasteiger partial charge >= 0.3 is 0 Å². The minimum absolute atomic E-state index is 0.271. The summed E-state index contributed by atoms with van der Waals surface area (Å²) in [6.45, 7) is 4.03. The average Bonchev–Trinajstić information content (AvgIpc) is 2.80. The number of hydrogen-bond acceptors (Lipinski definition) is 1. The van der Waals surface area contributed by atoms with E-state index >= 15 is 0 Å². The first-order chi connectivity index (χ1) is 7.63. The summed E-state index contributed by atoms with van der Waals surface area (Å²) in [4.78, 5) is 0. The molecule has 2 nitrogen and oxygen atoms in total. The van der Waals surface area contributed by atoms with E-state index in [-0.39, 0.29) is 5.41 Å². The van der Waals surface area contributed by atoms with Gasteiger partial charge in [-0.05, 0) is 26.0 Å². The Kier molecular flexibility index (Phi) is 2.54. The predicted molar refractivity (Wildman–Crippen MR) is 65.4 cm³/mol. The van der Waals surface area contributed by atoms with Gasteiger partial charge in [-0.2, -0.15) is 5.10 Å². The van der Waals surface area contributed by atoms with E-state index < -0.39 is 0 Å². The third kappa shape index (κ3) is 1.85. The zero-order valence-electron chi connectivity index (χ0n) is 9.51. The molecule has 2 aromatic rings. The minimum Gasteiger partial charge on any atom is -0.241 e. The van der Waals surface area contributed by atoms with Gasteiger partial charge in [-0.15, -0.1) is 6.42 Å². The van der Waals surface area contributed by atoms with Gasteiger partial charge in [0.1, 0.15) is 0 Å². The predicted octanol–water partition coefficient (Wildman–Crippen LogP) is 2.78. The zero-order valence-corrected chi connectivity index (χ0v) is 9.51. The van der Waals surface area contributed by atoms with Crippen LogP contribution in [0.25, 0.3) is 5.69 Å². The lowest BCUT2D eigenvalue weighted by Gasteiger charge is -2.14. The third-order valence-corrected chi connectivity index (χ3v) is 2.69. The second-order valence-corrected chi connectivity index (χ2v) is 4.28. The molecule has 0 aliphatic heterocycles.